The van der Waals surface area contributed by atoms with E-state index in [9.17, 15) is 5.11 Å². The lowest BCUT2D eigenvalue weighted by Crippen LogP contribution is -2.46. The van der Waals surface area contributed by atoms with Crippen molar-refractivity contribution in [1.82, 2.24) is 9.97 Å². The van der Waals surface area contributed by atoms with Crippen LogP contribution in [0, 0.1) is 0 Å². The first-order valence-corrected chi connectivity index (χ1v) is 6.55. The van der Waals surface area contributed by atoms with Crippen LogP contribution in [0.2, 0.25) is 0 Å². The molecule has 1 saturated heterocycles. The highest BCUT2D eigenvalue weighted by Crippen LogP contribution is 2.29. The average molecular weight is 258 g/mol. The van der Waals surface area contributed by atoms with Gasteiger partial charge in [0.15, 0.2) is 0 Å². The van der Waals surface area contributed by atoms with Gasteiger partial charge in [0.1, 0.15) is 5.82 Å². The van der Waals surface area contributed by atoms with Crippen LogP contribution in [-0.2, 0) is 0 Å². The van der Waals surface area contributed by atoms with Crippen LogP contribution in [0.25, 0.3) is 10.9 Å². The molecule has 0 amide bonds. The summed E-state index contributed by atoms with van der Waals surface area (Å²) in [6, 6.07) is 7.82. The number of anilines is 2. The van der Waals surface area contributed by atoms with Crippen LogP contribution < -0.4 is 10.6 Å². The van der Waals surface area contributed by atoms with Crippen LogP contribution in [-0.4, -0.2) is 33.8 Å². The van der Waals surface area contributed by atoms with Gasteiger partial charge < -0.3 is 15.7 Å². The number of rotatable bonds is 1. The zero-order chi connectivity index (χ0) is 13.5. The van der Waals surface area contributed by atoms with Crippen LogP contribution in [0.5, 0.6) is 0 Å². The number of hydrogen-bond donors (Lipinski definition) is 2. The molecule has 3 rings (SSSR count). The van der Waals surface area contributed by atoms with E-state index < -0.39 is 5.60 Å². The minimum absolute atomic E-state index is 0.277. The molecule has 2 heterocycles. The Bertz CT molecular complexity index is 611. The van der Waals surface area contributed by atoms with Gasteiger partial charge in [-0.15, -0.1) is 0 Å². The van der Waals surface area contributed by atoms with E-state index in [1.54, 1.807) is 0 Å². The topological polar surface area (TPSA) is 75.3 Å². The molecule has 1 aromatic carbocycles. The molecule has 1 aromatic heterocycles. The fraction of sp³-hybridized carbons (Fsp3) is 0.429. The van der Waals surface area contributed by atoms with Gasteiger partial charge in [-0.1, -0.05) is 12.1 Å². The molecule has 5 heteroatoms. The number of benzene rings is 1. The molecule has 0 spiro atoms. The van der Waals surface area contributed by atoms with E-state index in [1.807, 2.05) is 31.2 Å². The molecule has 1 aliphatic heterocycles. The van der Waals surface area contributed by atoms with Crippen LogP contribution >= 0.6 is 0 Å². The van der Waals surface area contributed by atoms with E-state index in [0.29, 0.717) is 6.54 Å². The predicted molar refractivity (Wildman–Crippen MR) is 76.0 cm³/mol. The Kier molecular flexibility index (Phi) is 2.78. The molecule has 1 atom stereocenters. The molecule has 5 nitrogen and oxygen atoms in total. The van der Waals surface area contributed by atoms with Crippen molar-refractivity contribution in [2.24, 2.45) is 0 Å². The Hall–Kier alpha value is -1.88. The second-order valence-electron chi connectivity index (χ2n) is 5.44. The van der Waals surface area contributed by atoms with Gasteiger partial charge in [-0.05, 0) is 31.9 Å². The van der Waals surface area contributed by atoms with E-state index in [4.69, 9.17) is 5.73 Å². The van der Waals surface area contributed by atoms with Crippen molar-refractivity contribution in [2.45, 2.75) is 25.4 Å². The summed E-state index contributed by atoms with van der Waals surface area (Å²) in [4.78, 5) is 10.7. The summed E-state index contributed by atoms with van der Waals surface area (Å²) in [5.74, 6) is 1.10. The maximum absolute atomic E-state index is 10.2. The van der Waals surface area contributed by atoms with Crippen molar-refractivity contribution in [1.29, 1.82) is 0 Å². The van der Waals surface area contributed by atoms with Gasteiger partial charge in [0.25, 0.3) is 0 Å². The van der Waals surface area contributed by atoms with Crippen LogP contribution in [0.15, 0.2) is 24.3 Å². The molecule has 19 heavy (non-hydrogen) atoms. The van der Waals surface area contributed by atoms with Crippen molar-refractivity contribution in [2.75, 3.05) is 23.7 Å². The molecule has 3 N–H and O–H groups in total. The first-order chi connectivity index (χ1) is 9.05. The second-order valence-corrected chi connectivity index (χ2v) is 5.44. The molecule has 2 aromatic rings. The summed E-state index contributed by atoms with van der Waals surface area (Å²) >= 11 is 0. The van der Waals surface area contributed by atoms with Crippen molar-refractivity contribution >= 4 is 22.7 Å². The molecule has 0 radical (unpaired) electrons. The van der Waals surface area contributed by atoms with Crippen LogP contribution in [0.4, 0.5) is 11.8 Å². The number of hydrogen-bond acceptors (Lipinski definition) is 5. The third-order valence-electron chi connectivity index (χ3n) is 3.57. The highest BCUT2D eigenvalue weighted by molar-refractivity contribution is 5.90. The van der Waals surface area contributed by atoms with Gasteiger partial charge in [0, 0.05) is 18.5 Å². The molecule has 0 bridgehead atoms. The Balaban J connectivity index is 2.09. The van der Waals surface area contributed by atoms with Crippen LogP contribution in [0.3, 0.4) is 0 Å². The lowest BCUT2D eigenvalue weighted by Gasteiger charge is -2.37. The summed E-state index contributed by atoms with van der Waals surface area (Å²) in [7, 11) is 0. The summed E-state index contributed by atoms with van der Waals surface area (Å²) < 4.78 is 0. The molecule has 1 fully saturated rings. The first-order valence-electron chi connectivity index (χ1n) is 6.55. The number of aromatic nitrogens is 2. The first kappa shape index (κ1) is 12.2. The maximum atomic E-state index is 10.2. The quantitative estimate of drug-likeness (QED) is 0.812. The number of fused-ring (bicyclic) bond motifs is 1. The second kappa shape index (κ2) is 4.35. The molecule has 1 unspecified atom stereocenters. The Labute approximate surface area is 112 Å². The standard InChI is InChI=1S/C14H18N4O/c1-14(19)7-4-8-18(9-14)12-10-5-2-3-6-11(10)16-13(15)17-12/h2-3,5-6,19H,4,7-9H2,1H3,(H2,15,16,17). The average Bonchev–Trinajstić information content (AvgIpc) is 2.36. The largest absolute Gasteiger partial charge is 0.388 e. The van der Waals surface area contributed by atoms with Crippen molar-refractivity contribution in [3.63, 3.8) is 0 Å². The van der Waals surface area contributed by atoms with Gasteiger partial charge in [-0.25, -0.2) is 4.98 Å². The summed E-state index contributed by atoms with van der Waals surface area (Å²) in [6.07, 6.45) is 1.77. The van der Waals surface area contributed by atoms with E-state index in [-0.39, 0.29) is 5.95 Å². The molecule has 0 aliphatic carbocycles. The van der Waals surface area contributed by atoms with Crippen molar-refractivity contribution in [3.05, 3.63) is 24.3 Å². The number of nitrogens with zero attached hydrogens (tertiary/aromatic N) is 3. The molecule has 100 valence electrons. The molecular formula is C14H18N4O. The van der Waals surface area contributed by atoms with E-state index in [1.165, 1.54) is 0 Å². The van der Waals surface area contributed by atoms with Gasteiger partial charge in [0.2, 0.25) is 5.95 Å². The minimum atomic E-state index is -0.668. The molecule has 0 saturated carbocycles. The van der Waals surface area contributed by atoms with Gasteiger partial charge in [-0.2, -0.15) is 4.98 Å². The Morgan fingerprint density at radius 2 is 2.11 bits per heavy atom. The molecular weight excluding hydrogens is 240 g/mol. The minimum Gasteiger partial charge on any atom is -0.388 e. The third kappa shape index (κ3) is 2.33. The lowest BCUT2D eigenvalue weighted by atomic mass is 9.95. The lowest BCUT2D eigenvalue weighted by molar-refractivity contribution is 0.0448. The highest BCUT2D eigenvalue weighted by atomic mass is 16.3. The van der Waals surface area contributed by atoms with Gasteiger partial charge >= 0.3 is 0 Å². The Morgan fingerprint density at radius 3 is 2.89 bits per heavy atom. The third-order valence-corrected chi connectivity index (χ3v) is 3.57. The fourth-order valence-electron chi connectivity index (χ4n) is 2.72. The summed E-state index contributed by atoms with van der Waals surface area (Å²) in [5, 5.41) is 11.2. The van der Waals surface area contributed by atoms with E-state index in [0.717, 1.165) is 36.1 Å². The van der Waals surface area contributed by atoms with Gasteiger partial charge in [-0.3, -0.25) is 0 Å². The maximum Gasteiger partial charge on any atom is 0.222 e. The van der Waals surface area contributed by atoms with E-state index >= 15 is 0 Å². The number of para-hydroxylation sites is 1. The number of piperidine rings is 1. The summed E-state index contributed by atoms with van der Waals surface area (Å²) in [5.41, 5.74) is 5.96. The summed E-state index contributed by atoms with van der Waals surface area (Å²) in [6.45, 7) is 3.33. The van der Waals surface area contributed by atoms with Crippen molar-refractivity contribution < 1.29 is 5.11 Å². The van der Waals surface area contributed by atoms with Gasteiger partial charge in [0.05, 0.1) is 11.1 Å². The Morgan fingerprint density at radius 1 is 1.32 bits per heavy atom. The number of β-amino-alcohol motifs (C(OH)–C–C–N with tert-alkyl or cyclic N) is 1. The monoisotopic (exact) mass is 258 g/mol. The molecule has 1 aliphatic rings. The van der Waals surface area contributed by atoms with Crippen molar-refractivity contribution in [3.8, 4) is 0 Å². The highest BCUT2D eigenvalue weighted by Gasteiger charge is 2.30. The zero-order valence-electron chi connectivity index (χ0n) is 11.0. The zero-order valence-corrected chi connectivity index (χ0v) is 11.0. The fourth-order valence-corrected chi connectivity index (χ4v) is 2.72. The number of nitrogen functional groups attached to an aromatic ring is 1. The number of nitrogens with two attached hydrogens (primary N) is 1. The van der Waals surface area contributed by atoms with Crippen LogP contribution in [0.1, 0.15) is 19.8 Å². The smallest absolute Gasteiger partial charge is 0.222 e. The predicted octanol–water partition coefficient (Wildman–Crippen LogP) is 1.56. The SMILES string of the molecule is CC1(O)CCCN(c2nc(N)nc3ccccc23)C1. The van der Waals surface area contributed by atoms with E-state index in [2.05, 4.69) is 14.9 Å². The normalized spacial score (nSPS) is 23.8. The number of aliphatic hydroxyl groups is 1.